The highest BCUT2D eigenvalue weighted by molar-refractivity contribution is 6.30. The zero-order valence-corrected chi connectivity index (χ0v) is 15.7. The molecule has 7 nitrogen and oxygen atoms in total. The van der Waals surface area contributed by atoms with E-state index in [1.54, 1.807) is 13.2 Å². The van der Waals surface area contributed by atoms with Crippen LogP contribution in [-0.4, -0.2) is 48.3 Å². The Morgan fingerprint density at radius 2 is 2.19 bits per heavy atom. The van der Waals surface area contributed by atoms with Gasteiger partial charge in [-0.25, -0.2) is 0 Å². The molecule has 1 aliphatic rings. The van der Waals surface area contributed by atoms with Crippen molar-refractivity contribution in [3.05, 3.63) is 40.5 Å². The number of hydrogen-bond donors (Lipinski definition) is 0. The minimum absolute atomic E-state index is 0.179. The van der Waals surface area contributed by atoms with Gasteiger partial charge in [-0.2, -0.15) is 10.2 Å². The molecule has 1 atom stereocenters. The number of benzene rings is 1. The van der Waals surface area contributed by atoms with Gasteiger partial charge in [0, 0.05) is 38.3 Å². The summed E-state index contributed by atoms with van der Waals surface area (Å²) in [6, 6.07) is 7.71. The second-order valence-corrected chi connectivity index (χ2v) is 6.75. The predicted molar refractivity (Wildman–Crippen MR) is 98.0 cm³/mol. The number of ether oxygens (including phenoxy) is 1. The number of rotatable bonds is 5. The number of hydrogen-bond acceptors (Lipinski definition) is 7. The summed E-state index contributed by atoms with van der Waals surface area (Å²) in [4.78, 5) is 8.93. The van der Waals surface area contributed by atoms with Crippen molar-refractivity contribution in [1.82, 2.24) is 15.0 Å². The molecule has 0 amide bonds. The smallest absolute Gasteiger partial charge is 0.240 e. The Morgan fingerprint density at radius 1 is 1.35 bits per heavy atom. The molecule has 1 unspecified atom stereocenters. The van der Waals surface area contributed by atoms with Crippen LogP contribution in [0.2, 0.25) is 5.02 Å². The van der Waals surface area contributed by atoms with E-state index < -0.39 is 0 Å². The fourth-order valence-electron chi connectivity index (χ4n) is 3.04. The summed E-state index contributed by atoms with van der Waals surface area (Å²) in [5.41, 5.74) is 1.55. The van der Waals surface area contributed by atoms with Gasteiger partial charge in [0.2, 0.25) is 5.89 Å². The summed E-state index contributed by atoms with van der Waals surface area (Å²) in [5.74, 6) is 1.17. The Hall–Kier alpha value is -2.14. The third kappa shape index (κ3) is 4.33. The quantitative estimate of drug-likeness (QED) is 0.794. The van der Waals surface area contributed by atoms with Gasteiger partial charge in [0.1, 0.15) is 12.2 Å². The number of methoxy groups -OCH3 is 1. The summed E-state index contributed by atoms with van der Waals surface area (Å²) in [6.45, 7) is 6.00. The molecule has 2 heterocycles. The van der Waals surface area contributed by atoms with E-state index in [9.17, 15) is 5.26 Å². The maximum atomic E-state index is 9.37. The summed E-state index contributed by atoms with van der Waals surface area (Å²) >= 11 is 6.00. The lowest BCUT2D eigenvalue weighted by molar-refractivity contribution is 0.109. The van der Waals surface area contributed by atoms with Crippen LogP contribution in [0.15, 0.2) is 22.7 Å². The molecule has 138 valence electrons. The Balaban J connectivity index is 1.64. The topological polar surface area (TPSA) is 78.4 Å². The minimum atomic E-state index is -0.179. The zero-order chi connectivity index (χ0) is 18.5. The van der Waals surface area contributed by atoms with E-state index >= 15 is 0 Å². The maximum Gasteiger partial charge on any atom is 0.240 e. The van der Waals surface area contributed by atoms with Crippen LogP contribution in [0.3, 0.4) is 0 Å². The first-order valence-electron chi connectivity index (χ1n) is 8.63. The van der Waals surface area contributed by atoms with Gasteiger partial charge in [-0.1, -0.05) is 16.8 Å². The van der Waals surface area contributed by atoms with E-state index in [4.69, 9.17) is 20.9 Å². The van der Waals surface area contributed by atoms with Gasteiger partial charge in [-0.3, -0.25) is 4.90 Å². The largest absolute Gasteiger partial charge is 0.374 e. The molecule has 0 bridgehead atoms. The maximum absolute atomic E-state index is 9.37. The van der Waals surface area contributed by atoms with Gasteiger partial charge in [0.05, 0.1) is 17.8 Å². The summed E-state index contributed by atoms with van der Waals surface area (Å²) in [7, 11) is 1.62. The van der Waals surface area contributed by atoms with Gasteiger partial charge in [0.25, 0.3) is 0 Å². The average Bonchev–Trinajstić information content (AvgIpc) is 2.99. The van der Waals surface area contributed by atoms with Gasteiger partial charge < -0.3 is 14.2 Å². The molecule has 1 aromatic carbocycles. The summed E-state index contributed by atoms with van der Waals surface area (Å²) in [6.07, 6.45) is 0.810. The van der Waals surface area contributed by atoms with E-state index in [0.717, 1.165) is 38.3 Å². The van der Waals surface area contributed by atoms with E-state index in [1.807, 2.05) is 19.1 Å². The first-order valence-corrected chi connectivity index (χ1v) is 9.00. The number of halogens is 1. The van der Waals surface area contributed by atoms with Crippen LogP contribution < -0.4 is 4.90 Å². The Bertz CT molecular complexity index is 788. The van der Waals surface area contributed by atoms with Crippen molar-refractivity contribution in [2.75, 3.05) is 38.2 Å². The lowest BCUT2D eigenvalue weighted by Gasteiger charge is -2.24. The molecule has 26 heavy (non-hydrogen) atoms. The molecule has 1 saturated heterocycles. The first-order chi connectivity index (χ1) is 12.6. The van der Waals surface area contributed by atoms with Crippen LogP contribution in [0.1, 0.15) is 36.7 Å². The number of anilines is 1. The van der Waals surface area contributed by atoms with Crippen molar-refractivity contribution >= 4 is 17.3 Å². The third-order valence-corrected chi connectivity index (χ3v) is 4.80. The van der Waals surface area contributed by atoms with Gasteiger partial charge >= 0.3 is 0 Å². The summed E-state index contributed by atoms with van der Waals surface area (Å²) < 4.78 is 10.6. The van der Waals surface area contributed by atoms with Crippen molar-refractivity contribution in [3.8, 4) is 6.07 Å². The van der Waals surface area contributed by atoms with Gasteiger partial charge in [-0.15, -0.1) is 0 Å². The standard InChI is InChI=1S/C18H22ClN5O2/c1-13(25-2)18-21-17(26-22-18)12-23-6-3-7-24(9-8-23)16-5-4-15(19)10-14(16)11-20/h4-5,10,13H,3,6-9,12H2,1-2H3. The monoisotopic (exact) mass is 375 g/mol. The number of nitriles is 1. The molecule has 0 radical (unpaired) electrons. The second-order valence-electron chi connectivity index (χ2n) is 6.31. The third-order valence-electron chi connectivity index (χ3n) is 4.57. The molecule has 1 fully saturated rings. The van der Waals surface area contributed by atoms with Crippen LogP contribution >= 0.6 is 11.6 Å². The molecule has 0 spiro atoms. The molecule has 2 aromatic rings. The van der Waals surface area contributed by atoms with Gasteiger partial charge in [-0.05, 0) is 31.5 Å². The molecule has 1 aliphatic heterocycles. The van der Waals surface area contributed by atoms with E-state index in [0.29, 0.717) is 28.8 Å². The van der Waals surface area contributed by atoms with Crippen LogP contribution in [-0.2, 0) is 11.3 Å². The van der Waals surface area contributed by atoms with E-state index in [2.05, 4.69) is 26.0 Å². The summed E-state index contributed by atoms with van der Waals surface area (Å²) in [5, 5.41) is 13.9. The van der Waals surface area contributed by atoms with Crippen LogP contribution in [0.25, 0.3) is 0 Å². The number of nitrogens with zero attached hydrogens (tertiary/aromatic N) is 5. The molecule has 0 N–H and O–H groups in total. The first kappa shape index (κ1) is 18.6. The van der Waals surface area contributed by atoms with Crippen LogP contribution in [0.4, 0.5) is 5.69 Å². The highest BCUT2D eigenvalue weighted by Gasteiger charge is 2.20. The van der Waals surface area contributed by atoms with E-state index in [-0.39, 0.29) is 6.10 Å². The van der Waals surface area contributed by atoms with Crippen molar-refractivity contribution in [1.29, 1.82) is 5.26 Å². The van der Waals surface area contributed by atoms with Crippen molar-refractivity contribution in [2.45, 2.75) is 26.0 Å². The zero-order valence-electron chi connectivity index (χ0n) is 15.0. The normalized spacial score (nSPS) is 16.9. The number of aromatic nitrogens is 2. The Kier molecular flexibility index (Phi) is 6.09. The lowest BCUT2D eigenvalue weighted by Crippen LogP contribution is -2.31. The minimum Gasteiger partial charge on any atom is -0.374 e. The SMILES string of the molecule is COC(C)c1noc(CN2CCCN(c3ccc(Cl)cc3C#N)CC2)n1. The molecule has 0 aliphatic carbocycles. The molecule has 0 saturated carbocycles. The molecule has 8 heteroatoms. The molecule has 3 rings (SSSR count). The van der Waals surface area contributed by atoms with Crippen molar-refractivity contribution < 1.29 is 9.26 Å². The van der Waals surface area contributed by atoms with Gasteiger partial charge in [0.15, 0.2) is 5.82 Å². The van der Waals surface area contributed by atoms with E-state index in [1.165, 1.54) is 0 Å². The fraction of sp³-hybridized carbons (Fsp3) is 0.500. The average molecular weight is 376 g/mol. The van der Waals surface area contributed by atoms with Crippen molar-refractivity contribution in [3.63, 3.8) is 0 Å². The lowest BCUT2D eigenvalue weighted by atomic mass is 10.1. The van der Waals surface area contributed by atoms with Crippen molar-refractivity contribution in [2.24, 2.45) is 0 Å². The Morgan fingerprint density at radius 3 is 2.96 bits per heavy atom. The van der Waals surface area contributed by atoms with Crippen LogP contribution in [0.5, 0.6) is 0 Å². The Labute approximate surface area is 158 Å². The molecule has 1 aromatic heterocycles. The fourth-order valence-corrected chi connectivity index (χ4v) is 3.21. The second kappa shape index (κ2) is 8.49. The highest BCUT2D eigenvalue weighted by Crippen LogP contribution is 2.25. The molecular weight excluding hydrogens is 354 g/mol. The predicted octanol–water partition coefficient (Wildman–Crippen LogP) is 3.01. The molecular formula is C18H22ClN5O2. The van der Waals surface area contributed by atoms with Crippen LogP contribution in [0, 0.1) is 11.3 Å². The highest BCUT2D eigenvalue weighted by atomic mass is 35.5.